The summed E-state index contributed by atoms with van der Waals surface area (Å²) in [6.45, 7) is 3.88. The van der Waals surface area contributed by atoms with Crippen LogP contribution < -0.4 is 5.32 Å². The lowest BCUT2D eigenvalue weighted by Gasteiger charge is -2.24. The van der Waals surface area contributed by atoms with E-state index in [-0.39, 0.29) is 6.04 Å². The van der Waals surface area contributed by atoms with Gasteiger partial charge in [-0.25, -0.2) is 4.98 Å². The van der Waals surface area contributed by atoms with Gasteiger partial charge in [0.05, 0.1) is 29.5 Å². The molecule has 1 aliphatic heterocycles. The third kappa shape index (κ3) is 3.22. The number of ether oxygens (including phenoxy) is 1. The number of benzene rings is 1. The quantitative estimate of drug-likeness (QED) is 0.914. The summed E-state index contributed by atoms with van der Waals surface area (Å²) in [6.07, 6.45) is 7.26. The van der Waals surface area contributed by atoms with Crippen molar-refractivity contribution in [3.63, 3.8) is 0 Å². The molecule has 21 heavy (non-hydrogen) atoms. The predicted octanol–water partition coefficient (Wildman–Crippen LogP) is 3.36. The van der Waals surface area contributed by atoms with Gasteiger partial charge in [0, 0.05) is 0 Å². The van der Waals surface area contributed by atoms with Crippen molar-refractivity contribution in [3.05, 3.63) is 48.0 Å². The van der Waals surface area contributed by atoms with E-state index in [1.807, 2.05) is 30.5 Å². The highest BCUT2D eigenvalue weighted by Crippen LogP contribution is 2.25. The second-order valence-electron chi connectivity index (χ2n) is 5.27. The predicted molar refractivity (Wildman–Crippen MR) is 83.8 cm³/mol. The van der Waals surface area contributed by atoms with Crippen molar-refractivity contribution >= 4 is 11.0 Å². The number of hydrogen-bond donors (Lipinski definition) is 1. The molecule has 4 heteroatoms. The SMILES string of the molecule is CCCNC(C1=CCCCO1)c1cnc2ccccc2n1. The Labute approximate surface area is 125 Å². The van der Waals surface area contributed by atoms with Crippen molar-refractivity contribution in [1.82, 2.24) is 15.3 Å². The Kier molecular flexibility index (Phi) is 4.46. The molecular formula is C17H21N3O. The molecule has 0 saturated heterocycles. The van der Waals surface area contributed by atoms with Gasteiger partial charge < -0.3 is 10.1 Å². The Hall–Kier alpha value is -1.94. The highest BCUT2D eigenvalue weighted by Gasteiger charge is 2.21. The standard InChI is InChI=1S/C17H21N3O/c1-2-10-18-17(16-9-5-6-11-21-16)15-12-19-13-7-3-4-8-14(13)20-15/h3-4,7-9,12,17-18H,2,5-6,10-11H2,1H3. The van der Waals surface area contributed by atoms with Crippen molar-refractivity contribution in [2.45, 2.75) is 32.2 Å². The molecular weight excluding hydrogens is 262 g/mol. The molecule has 0 saturated carbocycles. The first kappa shape index (κ1) is 14.0. The number of rotatable bonds is 5. The summed E-state index contributed by atoms with van der Waals surface area (Å²) < 4.78 is 5.83. The average Bonchev–Trinajstić information content (AvgIpc) is 2.56. The maximum Gasteiger partial charge on any atom is 0.115 e. The first-order valence-electron chi connectivity index (χ1n) is 7.66. The van der Waals surface area contributed by atoms with Crippen molar-refractivity contribution in [3.8, 4) is 0 Å². The molecule has 1 aliphatic rings. The first-order chi connectivity index (χ1) is 10.4. The fourth-order valence-corrected chi connectivity index (χ4v) is 2.53. The summed E-state index contributed by atoms with van der Waals surface area (Å²) in [7, 11) is 0. The van der Waals surface area contributed by atoms with Crippen molar-refractivity contribution in [1.29, 1.82) is 0 Å². The van der Waals surface area contributed by atoms with Crippen LogP contribution in [0.2, 0.25) is 0 Å². The van der Waals surface area contributed by atoms with Gasteiger partial charge in [0.2, 0.25) is 0 Å². The van der Waals surface area contributed by atoms with Crippen LogP contribution >= 0.6 is 0 Å². The molecule has 0 bridgehead atoms. The lowest BCUT2D eigenvalue weighted by atomic mass is 10.1. The maximum absolute atomic E-state index is 5.83. The minimum atomic E-state index is 0.00218. The van der Waals surface area contributed by atoms with Gasteiger partial charge in [0.25, 0.3) is 0 Å². The van der Waals surface area contributed by atoms with Crippen molar-refractivity contribution < 1.29 is 4.74 Å². The smallest absolute Gasteiger partial charge is 0.115 e. The summed E-state index contributed by atoms with van der Waals surface area (Å²) in [6, 6.07) is 7.96. The van der Waals surface area contributed by atoms with Crippen LogP contribution in [0.25, 0.3) is 11.0 Å². The molecule has 0 fully saturated rings. The number of nitrogens with zero attached hydrogens (tertiary/aromatic N) is 2. The molecule has 0 amide bonds. The average molecular weight is 283 g/mol. The maximum atomic E-state index is 5.83. The summed E-state index contributed by atoms with van der Waals surface area (Å²) >= 11 is 0. The van der Waals surface area contributed by atoms with Crippen molar-refractivity contribution in [2.24, 2.45) is 0 Å². The summed E-state index contributed by atoms with van der Waals surface area (Å²) in [5.74, 6) is 0.985. The summed E-state index contributed by atoms with van der Waals surface area (Å²) in [4.78, 5) is 9.28. The molecule has 1 atom stereocenters. The molecule has 4 nitrogen and oxygen atoms in total. The Bertz CT molecular complexity index is 639. The number of fused-ring (bicyclic) bond motifs is 1. The second kappa shape index (κ2) is 6.68. The zero-order chi connectivity index (χ0) is 14.5. The molecule has 0 aliphatic carbocycles. The van der Waals surface area contributed by atoms with Gasteiger partial charge in [0.1, 0.15) is 11.8 Å². The molecule has 110 valence electrons. The van der Waals surface area contributed by atoms with E-state index in [1.54, 1.807) is 0 Å². The molecule has 0 spiro atoms. The number of allylic oxidation sites excluding steroid dienone is 1. The molecule has 1 aromatic carbocycles. The minimum Gasteiger partial charge on any atom is -0.496 e. The molecule has 2 heterocycles. The van der Waals surface area contributed by atoms with Crippen molar-refractivity contribution in [2.75, 3.05) is 13.2 Å². The third-order valence-corrected chi connectivity index (χ3v) is 3.61. The number of nitrogens with one attached hydrogen (secondary N) is 1. The Morgan fingerprint density at radius 1 is 1.29 bits per heavy atom. The number of aromatic nitrogens is 2. The normalized spacial score (nSPS) is 16.3. The molecule has 1 N–H and O–H groups in total. The zero-order valence-corrected chi connectivity index (χ0v) is 12.4. The van der Waals surface area contributed by atoms with E-state index >= 15 is 0 Å². The Balaban J connectivity index is 1.94. The largest absolute Gasteiger partial charge is 0.496 e. The molecule has 0 radical (unpaired) electrons. The second-order valence-corrected chi connectivity index (χ2v) is 5.27. The van der Waals surface area contributed by atoms with Gasteiger partial charge in [0.15, 0.2) is 0 Å². The lowest BCUT2D eigenvalue weighted by molar-refractivity contribution is 0.167. The van der Waals surface area contributed by atoms with E-state index in [9.17, 15) is 0 Å². The van der Waals surface area contributed by atoms with Gasteiger partial charge in [-0.15, -0.1) is 0 Å². The monoisotopic (exact) mass is 283 g/mol. The van der Waals surface area contributed by atoms with E-state index in [0.29, 0.717) is 0 Å². The molecule has 3 rings (SSSR count). The van der Waals surface area contributed by atoms with Gasteiger partial charge in [-0.3, -0.25) is 4.98 Å². The zero-order valence-electron chi connectivity index (χ0n) is 12.4. The topological polar surface area (TPSA) is 47.0 Å². The first-order valence-corrected chi connectivity index (χ1v) is 7.66. The fourth-order valence-electron chi connectivity index (χ4n) is 2.53. The van der Waals surface area contributed by atoms with Crippen LogP contribution in [0.5, 0.6) is 0 Å². The molecule has 2 aromatic rings. The van der Waals surface area contributed by atoms with E-state index < -0.39 is 0 Å². The minimum absolute atomic E-state index is 0.00218. The number of hydrogen-bond acceptors (Lipinski definition) is 4. The van der Waals surface area contributed by atoms with Crippen LogP contribution in [0, 0.1) is 0 Å². The van der Waals surface area contributed by atoms with Gasteiger partial charge >= 0.3 is 0 Å². The van der Waals surface area contributed by atoms with E-state index in [4.69, 9.17) is 9.72 Å². The number of para-hydroxylation sites is 2. The van der Waals surface area contributed by atoms with Gasteiger partial charge in [-0.05, 0) is 44.0 Å². The molecule has 1 aromatic heterocycles. The van der Waals surface area contributed by atoms with Crippen LogP contribution in [0.1, 0.15) is 37.9 Å². The molecule has 1 unspecified atom stereocenters. The van der Waals surface area contributed by atoms with Crippen LogP contribution in [0.3, 0.4) is 0 Å². The van der Waals surface area contributed by atoms with Gasteiger partial charge in [-0.2, -0.15) is 0 Å². The lowest BCUT2D eigenvalue weighted by Crippen LogP contribution is -2.27. The Morgan fingerprint density at radius 3 is 2.90 bits per heavy atom. The highest BCUT2D eigenvalue weighted by molar-refractivity contribution is 5.73. The summed E-state index contributed by atoms with van der Waals surface area (Å²) in [5.41, 5.74) is 2.78. The van der Waals surface area contributed by atoms with Crippen LogP contribution in [0.15, 0.2) is 42.3 Å². The van der Waals surface area contributed by atoms with Crippen LogP contribution in [-0.4, -0.2) is 23.1 Å². The Morgan fingerprint density at radius 2 is 2.14 bits per heavy atom. The van der Waals surface area contributed by atoms with Crippen LogP contribution in [-0.2, 0) is 4.74 Å². The van der Waals surface area contributed by atoms with E-state index in [2.05, 4.69) is 23.3 Å². The van der Waals surface area contributed by atoms with E-state index in [1.165, 1.54) is 0 Å². The van der Waals surface area contributed by atoms with Crippen LogP contribution in [0.4, 0.5) is 0 Å². The fraction of sp³-hybridized carbons (Fsp3) is 0.412. The van der Waals surface area contributed by atoms with E-state index in [0.717, 1.165) is 54.9 Å². The summed E-state index contributed by atoms with van der Waals surface area (Å²) in [5, 5.41) is 3.52. The highest BCUT2D eigenvalue weighted by atomic mass is 16.5. The third-order valence-electron chi connectivity index (χ3n) is 3.61. The van der Waals surface area contributed by atoms with Gasteiger partial charge in [-0.1, -0.05) is 19.1 Å².